The van der Waals surface area contributed by atoms with Crippen LogP contribution in [-0.2, 0) is 25.4 Å². The lowest BCUT2D eigenvalue weighted by molar-refractivity contribution is -0.122. The summed E-state index contributed by atoms with van der Waals surface area (Å²) in [6.07, 6.45) is -2.53. The number of hydrogen-bond donors (Lipinski definition) is 2. The predicted octanol–water partition coefficient (Wildman–Crippen LogP) is 4.09. The van der Waals surface area contributed by atoms with Crippen molar-refractivity contribution in [3.63, 3.8) is 0 Å². The largest absolute Gasteiger partial charge is 0.379 e. The molecule has 0 bridgehead atoms. The van der Waals surface area contributed by atoms with Gasteiger partial charge in [-0.25, -0.2) is 18.7 Å². The second-order valence-electron chi connectivity index (χ2n) is 9.37. The van der Waals surface area contributed by atoms with Gasteiger partial charge in [0.05, 0.1) is 49.1 Å². The van der Waals surface area contributed by atoms with Gasteiger partial charge >= 0.3 is 0 Å². The standard InChI is InChI=1S/C25H32F2N4O4/c1-14-17(6-5-7-18(14)22(26)27)15(2)28-23-21(24-34-10-11-35-24)19(29-16(3)30-23)12-20(32)31-25(4)8-9-33-13-25/h5-7,15,22,24H,8-13H2,1-4H3,(H,31,32)(H,28,29,30)/t15-,25?/m1/s1. The Morgan fingerprint density at radius 2 is 1.89 bits per heavy atom. The number of benzene rings is 1. The zero-order valence-corrected chi connectivity index (χ0v) is 20.5. The molecule has 1 aromatic carbocycles. The number of ether oxygens (including phenoxy) is 3. The van der Waals surface area contributed by atoms with Crippen molar-refractivity contribution in [1.82, 2.24) is 15.3 Å². The molecule has 8 nitrogen and oxygen atoms in total. The fraction of sp³-hybridized carbons (Fsp3) is 0.560. The summed E-state index contributed by atoms with van der Waals surface area (Å²) >= 11 is 0. The summed E-state index contributed by atoms with van der Waals surface area (Å²) < 4.78 is 43.9. The van der Waals surface area contributed by atoms with E-state index >= 15 is 0 Å². The minimum Gasteiger partial charge on any atom is -0.379 e. The summed E-state index contributed by atoms with van der Waals surface area (Å²) in [6.45, 7) is 9.15. The molecule has 2 N–H and O–H groups in total. The zero-order valence-electron chi connectivity index (χ0n) is 20.5. The van der Waals surface area contributed by atoms with Gasteiger partial charge in [0.2, 0.25) is 5.91 Å². The number of amides is 1. The van der Waals surface area contributed by atoms with Gasteiger partial charge in [-0.1, -0.05) is 18.2 Å². The molecule has 0 aliphatic carbocycles. The van der Waals surface area contributed by atoms with E-state index in [0.29, 0.717) is 54.9 Å². The highest BCUT2D eigenvalue weighted by atomic mass is 19.3. The molecule has 2 aliphatic heterocycles. The van der Waals surface area contributed by atoms with E-state index in [2.05, 4.69) is 20.6 Å². The molecule has 0 spiro atoms. The van der Waals surface area contributed by atoms with Crippen molar-refractivity contribution in [2.24, 2.45) is 0 Å². The van der Waals surface area contributed by atoms with Gasteiger partial charge in [0.25, 0.3) is 6.43 Å². The number of anilines is 1. The molecular weight excluding hydrogens is 458 g/mol. The Bertz CT molecular complexity index is 1070. The maximum Gasteiger partial charge on any atom is 0.264 e. The third-order valence-corrected chi connectivity index (χ3v) is 6.45. The Balaban J connectivity index is 1.64. The maximum atomic E-state index is 13.4. The van der Waals surface area contributed by atoms with Crippen LogP contribution in [0.1, 0.15) is 72.8 Å². The van der Waals surface area contributed by atoms with Crippen LogP contribution in [0.25, 0.3) is 0 Å². The summed E-state index contributed by atoms with van der Waals surface area (Å²) in [7, 11) is 0. The van der Waals surface area contributed by atoms with Crippen molar-refractivity contribution in [3.8, 4) is 0 Å². The second kappa shape index (κ2) is 10.5. The number of rotatable bonds is 8. The van der Waals surface area contributed by atoms with E-state index in [0.717, 1.165) is 12.0 Å². The first kappa shape index (κ1) is 25.4. The number of halogens is 2. The number of aryl methyl sites for hydroxylation is 1. The molecule has 2 fully saturated rings. The van der Waals surface area contributed by atoms with E-state index in [1.807, 2.05) is 19.9 Å². The highest BCUT2D eigenvalue weighted by Crippen LogP contribution is 2.35. The van der Waals surface area contributed by atoms with Gasteiger partial charge in [-0.15, -0.1) is 0 Å². The lowest BCUT2D eigenvalue weighted by atomic mass is 9.97. The van der Waals surface area contributed by atoms with E-state index in [-0.39, 0.29) is 23.9 Å². The molecule has 1 amide bonds. The minimum absolute atomic E-state index is 0.000511. The molecule has 0 radical (unpaired) electrons. The summed E-state index contributed by atoms with van der Waals surface area (Å²) in [5.41, 5.74) is 1.88. The summed E-state index contributed by atoms with van der Waals surface area (Å²) in [5, 5.41) is 6.39. The first-order valence-electron chi connectivity index (χ1n) is 11.8. The summed E-state index contributed by atoms with van der Waals surface area (Å²) in [6, 6.07) is 4.52. The predicted molar refractivity (Wildman–Crippen MR) is 125 cm³/mol. The van der Waals surface area contributed by atoms with Gasteiger partial charge in [-0.3, -0.25) is 4.79 Å². The summed E-state index contributed by atoms with van der Waals surface area (Å²) in [4.78, 5) is 22.1. The van der Waals surface area contributed by atoms with Crippen LogP contribution in [0, 0.1) is 13.8 Å². The molecule has 35 heavy (non-hydrogen) atoms. The van der Waals surface area contributed by atoms with E-state index < -0.39 is 18.3 Å². The molecule has 2 aromatic rings. The van der Waals surface area contributed by atoms with E-state index in [1.165, 1.54) is 6.07 Å². The van der Waals surface area contributed by atoms with Gasteiger partial charge < -0.3 is 24.8 Å². The van der Waals surface area contributed by atoms with Gasteiger partial charge in [0, 0.05) is 12.2 Å². The topological polar surface area (TPSA) is 94.6 Å². The SMILES string of the molecule is Cc1nc(CC(=O)NC2(C)CCOC2)c(C2OCCO2)c(N[C@H](C)c2cccc(C(F)F)c2C)n1. The van der Waals surface area contributed by atoms with Crippen LogP contribution in [0.4, 0.5) is 14.6 Å². The normalized spacial score (nSPS) is 21.5. The highest BCUT2D eigenvalue weighted by molar-refractivity contribution is 5.79. The van der Waals surface area contributed by atoms with Gasteiger partial charge in [0.1, 0.15) is 11.6 Å². The molecule has 1 unspecified atom stereocenters. The third kappa shape index (κ3) is 5.76. The fourth-order valence-corrected chi connectivity index (χ4v) is 4.62. The zero-order chi connectivity index (χ0) is 25.2. The maximum absolute atomic E-state index is 13.4. The third-order valence-electron chi connectivity index (χ3n) is 6.45. The van der Waals surface area contributed by atoms with E-state index in [1.54, 1.807) is 19.9 Å². The molecular formula is C25H32F2N4O4. The second-order valence-corrected chi connectivity index (χ2v) is 9.37. The Morgan fingerprint density at radius 3 is 2.54 bits per heavy atom. The number of carbonyl (C=O) groups is 1. The van der Waals surface area contributed by atoms with Gasteiger partial charge in [0.15, 0.2) is 6.29 Å². The van der Waals surface area contributed by atoms with Crippen molar-refractivity contribution in [1.29, 1.82) is 0 Å². The van der Waals surface area contributed by atoms with Crippen molar-refractivity contribution in [3.05, 3.63) is 52.0 Å². The number of nitrogens with one attached hydrogen (secondary N) is 2. The smallest absolute Gasteiger partial charge is 0.264 e. The number of carbonyl (C=O) groups excluding carboxylic acids is 1. The van der Waals surface area contributed by atoms with Gasteiger partial charge in [-0.2, -0.15) is 0 Å². The molecule has 4 rings (SSSR count). The molecule has 2 atom stereocenters. The number of alkyl halides is 2. The van der Waals surface area contributed by atoms with Crippen molar-refractivity contribution in [2.75, 3.05) is 31.7 Å². The Labute approximate surface area is 203 Å². The quantitative estimate of drug-likeness (QED) is 0.576. The van der Waals surface area contributed by atoms with Crippen molar-refractivity contribution < 1.29 is 27.8 Å². The first-order chi connectivity index (χ1) is 16.7. The molecule has 10 heteroatoms. The Hall–Kier alpha value is -2.69. The van der Waals surface area contributed by atoms with Crippen LogP contribution in [0.3, 0.4) is 0 Å². The Kier molecular flexibility index (Phi) is 7.63. The van der Waals surface area contributed by atoms with Crippen LogP contribution in [0.15, 0.2) is 18.2 Å². The molecule has 190 valence electrons. The van der Waals surface area contributed by atoms with Crippen LogP contribution < -0.4 is 10.6 Å². The van der Waals surface area contributed by atoms with Crippen LogP contribution in [-0.4, -0.2) is 47.8 Å². The molecule has 0 saturated carbocycles. The lowest BCUT2D eigenvalue weighted by Crippen LogP contribution is -2.47. The fourth-order valence-electron chi connectivity index (χ4n) is 4.62. The van der Waals surface area contributed by atoms with E-state index in [9.17, 15) is 13.6 Å². The monoisotopic (exact) mass is 490 g/mol. The van der Waals surface area contributed by atoms with Crippen LogP contribution in [0.2, 0.25) is 0 Å². The molecule has 3 heterocycles. The highest BCUT2D eigenvalue weighted by Gasteiger charge is 2.33. The molecule has 2 aliphatic rings. The lowest BCUT2D eigenvalue weighted by Gasteiger charge is -2.25. The Morgan fingerprint density at radius 1 is 1.17 bits per heavy atom. The van der Waals surface area contributed by atoms with Crippen LogP contribution in [0.5, 0.6) is 0 Å². The minimum atomic E-state index is -2.56. The number of aromatic nitrogens is 2. The number of hydrogen-bond acceptors (Lipinski definition) is 7. The van der Waals surface area contributed by atoms with Crippen molar-refractivity contribution in [2.45, 2.75) is 64.8 Å². The van der Waals surface area contributed by atoms with Crippen molar-refractivity contribution >= 4 is 11.7 Å². The van der Waals surface area contributed by atoms with Gasteiger partial charge in [-0.05, 0) is 45.2 Å². The number of nitrogens with zero attached hydrogens (tertiary/aromatic N) is 2. The molecule has 1 aromatic heterocycles. The first-order valence-corrected chi connectivity index (χ1v) is 11.8. The average Bonchev–Trinajstić information content (AvgIpc) is 3.45. The molecule has 2 saturated heterocycles. The average molecular weight is 491 g/mol. The van der Waals surface area contributed by atoms with E-state index in [4.69, 9.17) is 14.2 Å². The summed E-state index contributed by atoms with van der Waals surface area (Å²) in [5.74, 6) is 0.740. The van der Waals surface area contributed by atoms with Crippen LogP contribution >= 0.6 is 0 Å².